The lowest BCUT2D eigenvalue weighted by Crippen LogP contribution is -1.72. The Bertz CT molecular complexity index is 232. The van der Waals surface area contributed by atoms with Crippen molar-refractivity contribution >= 4 is 50.7 Å². The average Bonchev–Trinajstić information content (AvgIpc) is 1.93. The van der Waals surface area contributed by atoms with Crippen LogP contribution in [0.3, 0.4) is 0 Å². The summed E-state index contributed by atoms with van der Waals surface area (Å²) in [7, 11) is 0. The van der Waals surface area contributed by atoms with Gasteiger partial charge in [0.05, 0.1) is 19.5 Å². The molecule has 0 saturated carbocycles. The van der Waals surface area contributed by atoms with E-state index >= 15 is 0 Å². The first-order chi connectivity index (χ1) is 4.63. The van der Waals surface area contributed by atoms with Gasteiger partial charge >= 0.3 is 0 Å². The summed E-state index contributed by atoms with van der Waals surface area (Å²) < 4.78 is 0.642. The van der Waals surface area contributed by atoms with Gasteiger partial charge in [-0.25, -0.2) is 0 Å². The minimum Gasteiger partial charge on any atom is -0.0830 e. The van der Waals surface area contributed by atoms with Crippen LogP contribution in [0.4, 0.5) is 0 Å². The second-order valence-electron chi connectivity index (χ2n) is 1.66. The summed E-state index contributed by atoms with van der Waals surface area (Å²) in [5, 5.41) is 1.52. The van der Waals surface area contributed by atoms with Crippen molar-refractivity contribution in [2.45, 2.75) is 0 Å². The highest BCUT2D eigenvalue weighted by Gasteiger charge is 2.04. The van der Waals surface area contributed by atoms with E-state index in [9.17, 15) is 0 Å². The molecular weight excluding hydrogens is 258 g/mol. The lowest BCUT2D eigenvalue weighted by molar-refractivity contribution is 1.64. The van der Waals surface area contributed by atoms with Crippen LogP contribution in [-0.2, 0) is 0 Å². The molecule has 0 spiro atoms. The molecule has 10 heavy (non-hydrogen) atoms. The van der Waals surface area contributed by atoms with Crippen LogP contribution in [0.15, 0.2) is 16.6 Å². The van der Waals surface area contributed by atoms with Gasteiger partial charge in [-0.05, 0) is 28.1 Å². The molecule has 0 N–H and O–H groups in total. The SMILES string of the molecule is Clc1ccc(Cl)c(Br)c1Cl. The molecule has 0 aliphatic carbocycles. The highest BCUT2D eigenvalue weighted by Crippen LogP contribution is 2.35. The Labute approximate surface area is 82.2 Å². The van der Waals surface area contributed by atoms with Crippen LogP contribution in [0.5, 0.6) is 0 Å². The predicted octanol–water partition coefficient (Wildman–Crippen LogP) is 4.41. The summed E-state index contributed by atoms with van der Waals surface area (Å²) in [6.07, 6.45) is 0. The van der Waals surface area contributed by atoms with E-state index in [1.54, 1.807) is 12.1 Å². The monoisotopic (exact) mass is 258 g/mol. The first kappa shape index (κ1) is 8.66. The van der Waals surface area contributed by atoms with Gasteiger partial charge in [-0.15, -0.1) is 0 Å². The normalized spacial score (nSPS) is 10.0. The lowest BCUT2D eigenvalue weighted by atomic mass is 10.4. The molecule has 54 valence electrons. The van der Waals surface area contributed by atoms with E-state index in [4.69, 9.17) is 34.8 Å². The van der Waals surface area contributed by atoms with Crippen LogP contribution in [0.1, 0.15) is 0 Å². The van der Waals surface area contributed by atoms with Crippen LogP contribution < -0.4 is 0 Å². The summed E-state index contributed by atoms with van der Waals surface area (Å²) in [4.78, 5) is 0. The van der Waals surface area contributed by atoms with Crippen molar-refractivity contribution < 1.29 is 0 Å². The van der Waals surface area contributed by atoms with Gasteiger partial charge in [-0.3, -0.25) is 0 Å². The summed E-state index contributed by atoms with van der Waals surface area (Å²) >= 11 is 20.3. The Morgan fingerprint density at radius 3 is 2.00 bits per heavy atom. The molecule has 0 radical (unpaired) electrons. The summed E-state index contributed by atoms with van der Waals surface area (Å²) in [5.41, 5.74) is 0. The third-order valence-corrected chi connectivity index (χ3v) is 3.39. The zero-order chi connectivity index (χ0) is 7.72. The Hall–Kier alpha value is 0.570. The summed E-state index contributed by atoms with van der Waals surface area (Å²) in [6.45, 7) is 0. The van der Waals surface area contributed by atoms with E-state index < -0.39 is 0 Å². The number of benzene rings is 1. The number of halogens is 4. The summed E-state index contributed by atoms with van der Waals surface area (Å²) in [6, 6.07) is 3.33. The standard InChI is InChI=1S/C6H2BrCl3/c7-5-3(8)1-2-4(9)6(5)10/h1-2H. The van der Waals surface area contributed by atoms with E-state index in [1.165, 1.54) is 0 Å². The molecule has 0 bridgehead atoms. The van der Waals surface area contributed by atoms with Crippen LogP contribution in [-0.4, -0.2) is 0 Å². The average molecular weight is 260 g/mol. The Morgan fingerprint density at radius 2 is 1.50 bits per heavy atom. The van der Waals surface area contributed by atoms with Gasteiger partial charge in [0.15, 0.2) is 0 Å². The molecule has 0 nitrogen and oxygen atoms in total. The largest absolute Gasteiger partial charge is 0.0830 e. The molecule has 1 rings (SSSR count). The third kappa shape index (κ3) is 1.59. The van der Waals surface area contributed by atoms with Crippen molar-refractivity contribution in [3.8, 4) is 0 Å². The van der Waals surface area contributed by atoms with Crippen LogP contribution in [0.25, 0.3) is 0 Å². The second-order valence-corrected chi connectivity index (χ2v) is 3.64. The summed E-state index contributed by atoms with van der Waals surface area (Å²) in [5.74, 6) is 0. The minimum atomic E-state index is 0.453. The molecule has 0 fully saturated rings. The highest BCUT2D eigenvalue weighted by molar-refractivity contribution is 9.10. The molecule has 0 atom stereocenters. The van der Waals surface area contributed by atoms with Crippen LogP contribution >= 0.6 is 50.7 Å². The van der Waals surface area contributed by atoms with E-state index in [1.807, 2.05) is 0 Å². The Kier molecular flexibility index (Phi) is 2.87. The van der Waals surface area contributed by atoms with Gasteiger partial charge < -0.3 is 0 Å². The fourth-order valence-corrected chi connectivity index (χ4v) is 1.49. The fourth-order valence-electron chi connectivity index (χ4n) is 0.502. The highest BCUT2D eigenvalue weighted by atomic mass is 79.9. The van der Waals surface area contributed by atoms with Gasteiger partial charge in [-0.1, -0.05) is 34.8 Å². The zero-order valence-electron chi connectivity index (χ0n) is 4.67. The molecule has 4 heteroatoms. The van der Waals surface area contributed by atoms with Gasteiger partial charge in [0.25, 0.3) is 0 Å². The van der Waals surface area contributed by atoms with Crippen molar-refractivity contribution in [1.29, 1.82) is 0 Å². The predicted molar refractivity (Wildman–Crippen MR) is 49.2 cm³/mol. The maximum absolute atomic E-state index is 5.72. The van der Waals surface area contributed by atoms with E-state index in [-0.39, 0.29) is 0 Å². The van der Waals surface area contributed by atoms with Crippen LogP contribution in [0.2, 0.25) is 15.1 Å². The first-order valence-corrected chi connectivity index (χ1v) is 4.34. The maximum atomic E-state index is 5.72. The molecule has 1 aromatic rings. The van der Waals surface area contributed by atoms with Crippen molar-refractivity contribution in [3.63, 3.8) is 0 Å². The number of hydrogen-bond donors (Lipinski definition) is 0. The van der Waals surface area contributed by atoms with Gasteiger partial charge in [0.2, 0.25) is 0 Å². The topological polar surface area (TPSA) is 0 Å². The van der Waals surface area contributed by atoms with Gasteiger partial charge in [0.1, 0.15) is 0 Å². The fraction of sp³-hybridized carbons (Fsp3) is 0. The molecular formula is C6H2BrCl3. The number of hydrogen-bond acceptors (Lipinski definition) is 0. The van der Waals surface area contributed by atoms with E-state index in [0.29, 0.717) is 19.5 Å². The molecule has 0 heterocycles. The Morgan fingerprint density at radius 1 is 1.00 bits per heavy atom. The lowest BCUT2D eigenvalue weighted by Gasteiger charge is -1.99. The number of rotatable bonds is 0. The first-order valence-electron chi connectivity index (χ1n) is 2.42. The smallest absolute Gasteiger partial charge is 0.0749 e. The third-order valence-electron chi connectivity index (χ3n) is 0.988. The molecule has 0 aliphatic rings. The molecule has 0 amide bonds. The van der Waals surface area contributed by atoms with Gasteiger partial charge in [-0.2, -0.15) is 0 Å². The molecule has 0 aromatic heterocycles. The van der Waals surface area contributed by atoms with E-state index in [2.05, 4.69) is 15.9 Å². The Balaban J connectivity index is 3.34. The van der Waals surface area contributed by atoms with Crippen LogP contribution in [0, 0.1) is 0 Å². The van der Waals surface area contributed by atoms with Crippen molar-refractivity contribution in [3.05, 3.63) is 31.7 Å². The van der Waals surface area contributed by atoms with Crippen molar-refractivity contribution in [1.82, 2.24) is 0 Å². The minimum absolute atomic E-state index is 0.453. The van der Waals surface area contributed by atoms with Crippen molar-refractivity contribution in [2.75, 3.05) is 0 Å². The van der Waals surface area contributed by atoms with Crippen molar-refractivity contribution in [2.24, 2.45) is 0 Å². The van der Waals surface area contributed by atoms with E-state index in [0.717, 1.165) is 0 Å². The molecule has 0 unspecified atom stereocenters. The van der Waals surface area contributed by atoms with Gasteiger partial charge in [0, 0.05) is 0 Å². The maximum Gasteiger partial charge on any atom is 0.0749 e. The second kappa shape index (κ2) is 3.31. The molecule has 1 aromatic carbocycles. The molecule has 0 saturated heterocycles. The quantitative estimate of drug-likeness (QED) is 0.479. The zero-order valence-corrected chi connectivity index (χ0v) is 8.52. The molecule has 0 aliphatic heterocycles.